The molecule has 0 aliphatic carbocycles. The number of benzene rings is 1. The number of aromatic hydroxyl groups is 1. The fourth-order valence-electron chi connectivity index (χ4n) is 1.43. The largest absolute Gasteiger partial charge is 0.507 e. The van der Waals surface area contributed by atoms with Crippen LogP contribution in [0.4, 0.5) is 0 Å². The van der Waals surface area contributed by atoms with E-state index in [2.05, 4.69) is 11.6 Å². The lowest BCUT2D eigenvalue weighted by molar-refractivity contribution is 0.477. The fraction of sp³-hybridized carbons (Fsp3) is 0. The molecule has 1 aromatic carbocycles. The van der Waals surface area contributed by atoms with Crippen LogP contribution < -0.4 is 0 Å². The molecule has 1 heterocycles. The molecule has 0 aliphatic rings. The van der Waals surface area contributed by atoms with E-state index in [-0.39, 0.29) is 5.75 Å². The van der Waals surface area contributed by atoms with Gasteiger partial charge in [0.1, 0.15) is 5.75 Å². The molecule has 1 N–H and O–H groups in total. The normalized spacial score (nSPS) is 9.87. The summed E-state index contributed by atoms with van der Waals surface area (Å²) in [5, 5.41) is 9.67. The summed E-state index contributed by atoms with van der Waals surface area (Å²) in [7, 11) is 0. The number of nitrogens with zero attached hydrogens (tertiary/aromatic N) is 1. The van der Waals surface area contributed by atoms with Gasteiger partial charge in [-0.2, -0.15) is 0 Å². The van der Waals surface area contributed by atoms with Gasteiger partial charge in [-0.3, -0.25) is 4.98 Å². The monoisotopic (exact) mass is 197 g/mol. The molecule has 2 aromatic rings. The second kappa shape index (κ2) is 3.96. The van der Waals surface area contributed by atoms with E-state index >= 15 is 0 Å². The second-order valence-corrected chi connectivity index (χ2v) is 3.23. The summed E-state index contributed by atoms with van der Waals surface area (Å²) in [6.45, 7) is 3.69. The van der Waals surface area contributed by atoms with Crippen molar-refractivity contribution in [2.24, 2.45) is 0 Å². The first-order chi connectivity index (χ1) is 7.31. The molecule has 2 heteroatoms. The Hall–Kier alpha value is -2.09. The Kier molecular flexibility index (Phi) is 2.50. The minimum absolute atomic E-state index is 0.264. The molecule has 0 fully saturated rings. The highest BCUT2D eigenvalue weighted by atomic mass is 16.3. The predicted octanol–water partition coefficient (Wildman–Crippen LogP) is 3.10. The Labute approximate surface area is 88.5 Å². The van der Waals surface area contributed by atoms with Crippen LogP contribution >= 0.6 is 0 Å². The average molecular weight is 197 g/mol. The van der Waals surface area contributed by atoms with Crippen molar-refractivity contribution in [3.05, 3.63) is 54.9 Å². The molecule has 0 radical (unpaired) electrons. The molecule has 0 spiro atoms. The molecule has 0 aliphatic heterocycles. The van der Waals surface area contributed by atoms with Crippen LogP contribution in [0.25, 0.3) is 17.2 Å². The van der Waals surface area contributed by atoms with Crippen molar-refractivity contribution in [1.82, 2.24) is 4.98 Å². The molecular formula is C13H11NO. The maximum atomic E-state index is 9.67. The van der Waals surface area contributed by atoms with Gasteiger partial charge < -0.3 is 5.11 Å². The third-order valence-corrected chi connectivity index (χ3v) is 2.21. The Morgan fingerprint density at radius 1 is 1.20 bits per heavy atom. The minimum Gasteiger partial charge on any atom is -0.507 e. The lowest BCUT2D eigenvalue weighted by Gasteiger charge is -2.04. The van der Waals surface area contributed by atoms with E-state index in [1.165, 1.54) is 0 Å². The van der Waals surface area contributed by atoms with Crippen molar-refractivity contribution in [2.45, 2.75) is 0 Å². The Bertz CT molecular complexity index is 491. The zero-order valence-corrected chi connectivity index (χ0v) is 8.22. The van der Waals surface area contributed by atoms with E-state index in [9.17, 15) is 5.11 Å². The summed E-state index contributed by atoms with van der Waals surface area (Å²) in [4.78, 5) is 4.09. The van der Waals surface area contributed by atoms with Gasteiger partial charge >= 0.3 is 0 Å². The summed E-state index contributed by atoms with van der Waals surface area (Å²) in [6.07, 6.45) is 5.19. The van der Waals surface area contributed by atoms with Gasteiger partial charge in [0.05, 0.1) is 0 Å². The number of phenols is 1. The summed E-state index contributed by atoms with van der Waals surface area (Å²) in [6, 6.07) is 9.14. The van der Waals surface area contributed by atoms with Gasteiger partial charge in [-0.1, -0.05) is 30.9 Å². The molecule has 0 saturated heterocycles. The number of rotatable bonds is 2. The smallest absolute Gasteiger partial charge is 0.123 e. The van der Waals surface area contributed by atoms with Crippen LogP contribution in [0.15, 0.2) is 49.3 Å². The molecule has 1 aromatic heterocycles. The third-order valence-electron chi connectivity index (χ3n) is 2.21. The highest BCUT2D eigenvalue weighted by Gasteiger charge is 2.03. The molecule has 0 atom stereocenters. The van der Waals surface area contributed by atoms with Crippen LogP contribution in [0, 0.1) is 0 Å². The van der Waals surface area contributed by atoms with Crippen molar-refractivity contribution >= 4 is 6.08 Å². The first-order valence-corrected chi connectivity index (χ1v) is 4.67. The first-order valence-electron chi connectivity index (χ1n) is 4.67. The van der Waals surface area contributed by atoms with Crippen molar-refractivity contribution < 1.29 is 5.11 Å². The van der Waals surface area contributed by atoms with Crippen molar-refractivity contribution in [3.8, 4) is 16.9 Å². The molecule has 74 valence electrons. The number of phenolic OH excluding ortho intramolecular Hbond substituents is 1. The van der Waals surface area contributed by atoms with Gasteiger partial charge in [-0.15, -0.1) is 0 Å². The van der Waals surface area contributed by atoms with Gasteiger partial charge in [0, 0.05) is 23.5 Å². The van der Waals surface area contributed by atoms with Crippen molar-refractivity contribution in [2.75, 3.05) is 0 Å². The predicted molar refractivity (Wildman–Crippen MR) is 61.4 cm³/mol. The molecule has 15 heavy (non-hydrogen) atoms. The van der Waals surface area contributed by atoms with Crippen LogP contribution in [-0.4, -0.2) is 10.1 Å². The summed E-state index contributed by atoms with van der Waals surface area (Å²) in [5.41, 5.74) is 2.62. The molecule has 2 nitrogen and oxygen atoms in total. The number of pyridine rings is 1. The number of hydrogen-bond acceptors (Lipinski definition) is 2. The summed E-state index contributed by atoms with van der Waals surface area (Å²) < 4.78 is 0. The first kappa shape index (κ1) is 9.46. The number of aromatic nitrogens is 1. The van der Waals surface area contributed by atoms with Crippen LogP contribution in [0.2, 0.25) is 0 Å². The van der Waals surface area contributed by atoms with Crippen LogP contribution in [0.1, 0.15) is 5.56 Å². The minimum atomic E-state index is 0.264. The van der Waals surface area contributed by atoms with Gasteiger partial charge in [0.2, 0.25) is 0 Å². The van der Waals surface area contributed by atoms with E-state index in [0.717, 1.165) is 16.7 Å². The summed E-state index contributed by atoms with van der Waals surface area (Å²) >= 11 is 0. The number of hydrogen-bond donors (Lipinski definition) is 1. The second-order valence-electron chi connectivity index (χ2n) is 3.23. The number of para-hydroxylation sites is 1. The fourth-order valence-corrected chi connectivity index (χ4v) is 1.43. The standard InChI is InChI=1S/C13H11NO/c1-2-10-7-11(9-14-8-10)12-5-3-4-6-13(12)15/h2-9,15H,1H2. The van der Waals surface area contributed by atoms with Gasteiger partial charge in [-0.25, -0.2) is 0 Å². The molecule has 0 bridgehead atoms. The topological polar surface area (TPSA) is 33.1 Å². The lowest BCUT2D eigenvalue weighted by Crippen LogP contribution is -1.82. The highest BCUT2D eigenvalue weighted by molar-refractivity contribution is 5.71. The molecule has 0 saturated carbocycles. The zero-order valence-electron chi connectivity index (χ0n) is 8.22. The summed E-state index contributed by atoms with van der Waals surface area (Å²) in [5.74, 6) is 0.264. The van der Waals surface area contributed by atoms with E-state index in [1.54, 1.807) is 30.6 Å². The highest BCUT2D eigenvalue weighted by Crippen LogP contribution is 2.28. The van der Waals surface area contributed by atoms with E-state index in [1.807, 2.05) is 18.2 Å². The zero-order chi connectivity index (χ0) is 10.7. The van der Waals surface area contributed by atoms with Crippen LogP contribution in [-0.2, 0) is 0 Å². The maximum absolute atomic E-state index is 9.67. The van der Waals surface area contributed by atoms with E-state index in [0.29, 0.717) is 0 Å². The van der Waals surface area contributed by atoms with E-state index < -0.39 is 0 Å². The average Bonchev–Trinajstić information content (AvgIpc) is 2.30. The van der Waals surface area contributed by atoms with Crippen LogP contribution in [0.3, 0.4) is 0 Å². The third kappa shape index (κ3) is 1.89. The van der Waals surface area contributed by atoms with E-state index in [4.69, 9.17) is 0 Å². The van der Waals surface area contributed by atoms with Gasteiger partial charge in [0.25, 0.3) is 0 Å². The Morgan fingerprint density at radius 3 is 2.73 bits per heavy atom. The quantitative estimate of drug-likeness (QED) is 0.802. The Morgan fingerprint density at radius 2 is 2.00 bits per heavy atom. The molecule has 0 amide bonds. The van der Waals surface area contributed by atoms with Crippen molar-refractivity contribution in [3.63, 3.8) is 0 Å². The molecule has 0 unspecified atom stereocenters. The molecular weight excluding hydrogens is 186 g/mol. The van der Waals surface area contributed by atoms with Crippen molar-refractivity contribution in [1.29, 1.82) is 0 Å². The molecule has 2 rings (SSSR count). The maximum Gasteiger partial charge on any atom is 0.123 e. The Balaban J connectivity index is 2.54. The van der Waals surface area contributed by atoms with Crippen LogP contribution in [0.5, 0.6) is 5.75 Å². The SMILES string of the molecule is C=Cc1cncc(-c2ccccc2O)c1. The van der Waals surface area contributed by atoms with Gasteiger partial charge in [0.15, 0.2) is 0 Å². The lowest BCUT2D eigenvalue weighted by atomic mass is 10.1. The van der Waals surface area contributed by atoms with Gasteiger partial charge in [-0.05, 0) is 17.7 Å².